The lowest BCUT2D eigenvalue weighted by molar-refractivity contribution is 0.142. The molecular weight excluding hydrogens is 278 g/mol. The van der Waals surface area contributed by atoms with Crippen LogP contribution >= 0.6 is 0 Å². The highest BCUT2D eigenvalue weighted by Crippen LogP contribution is 2.39. The standard InChI is InChI=1S/C22H45N/c1-8-11-20(16-19-12-9-10-13-19)21(23-7)14-15-22(5,6)18(4)17(2)3/h17-21,23H,8-16H2,1-7H3. The third kappa shape index (κ3) is 6.77. The number of hydrogen-bond donors (Lipinski definition) is 1. The molecule has 3 unspecified atom stereocenters. The number of hydrogen-bond acceptors (Lipinski definition) is 1. The van der Waals surface area contributed by atoms with Gasteiger partial charge in [-0.1, -0.05) is 73.6 Å². The highest BCUT2D eigenvalue weighted by Gasteiger charge is 2.31. The highest BCUT2D eigenvalue weighted by molar-refractivity contribution is 4.84. The summed E-state index contributed by atoms with van der Waals surface area (Å²) < 4.78 is 0. The van der Waals surface area contributed by atoms with Crippen LogP contribution in [0.25, 0.3) is 0 Å². The molecule has 0 saturated heterocycles. The van der Waals surface area contributed by atoms with Gasteiger partial charge in [0.1, 0.15) is 0 Å². The largest absolute Gasteiger partial charge is 0.317 e. The summed E-state index contributed by atoms with van der Waals surface area (Å²) in [6.07, 6.45) is 12.8. The third-order valence-electron chi connectivity index (χ3n) is 7.04. The minimum atomic E-state index is 0.452. The number of rotatable bonds is 11. The van der Waals surface area contributed by atoms with Crippen molar-refractivity contribution >= 4 is 0 Å². The van der Waals surface area contributed by atoms with Crippen molar-refractivity contribution in [2.24, 2.45) is 29.1 Å². The smallest absolute Gasteiger partial charge is 0.00926 e. The van der Waals surface area contributed by atoms with E-state index in [1.807, 2.05) is 0 Å². The first-order chi connectivity index (χ1) is 10.8. The van der Waals surface area contributed by atoms with Crippen molar-refractivity contribution in [2.75, 3.05) is 7.05 Å². The first kappa shape index (κ1) is 21.0. The van der Waals surface area contributed by atoms with E-state index < -0.39 is 0 Å². The van der Waals surface area contributed by atoms with Crippen molar-refractivity contribution in [1.29, 1.82) is 0 Å². The molecule has 1 aliphatic rings. The van der Waals surface area contributed by atoms with Gasteiger partial charge >= 0.3 is 0 Å². The zero-order chi connectivity index (χ0) is 17.5. The number of nitrogens with one attached hydrogen (secondary N) is 1. The second-order valence-electron chi connectivity index (χ2n) is 9.39. The summed E-state index contributed by atoms with van der Waals surface area (Å²) in [7, 11) is 2.20. The Morgan fingerprint density at radius 3 is 2.13 bits per heavy atom. The van der Waals surface area contributed by atoms with Crippen molar-refractivity contribution in [3.8, 4) is 0 Å². The summed E-state index contributed by atoms with van der Waals surface area (Å²) >= 11 is 0. The van der Waals surface area contributed by atoms with Gasteiger partial charge in [0.25, 0.3) is 0 Å². The molecular formula is C22H45N. The van der Waals surface area contributed by atoms with Gasteiger partial charge in [-0.05, 0) is 61.8 Å². The lowest BCUT2D eigenvalue weighted by Crippen LogP contribution is -2.37. The molecule has 0 radical (unpaired) electrons. The summed E-state index contributed by atoms with van der Waals surface area (Å²) in [6.45, 7) is 14.5. The maximum Gasteiger partial charge on any atom is 0.00926 e. The molecule has 1 N–H and O–H groups in total. The second-order valence-corrected chi connectivity index (χ2v) is 9.39. The average Bonchev–Trinajstić information content (AvgIpc) is 3.00. The van der Waals surface area contributed by atoms with Crippen LogP contribution < -0.4 is 5.32 Å². The Bertz CT molecular complexity index is 301. The Morgan fingerprint density at radius 1 is 1.04 bits per heavy atom. The lowest BCUT2D eigenvalue weighted by Gasteiger charge is -2.37. The van der Waals surface area contributed by atoms with Crippen LogP contribution in [0.2, 0.25) is 0 Å². The summed E-state index contributed by atoms with van der Waals surface area (Å²) in [4.78, 5) is 0. The summed E-state index contributed by atoms with van der Waals surface area (Å²) in [6, 6.07) is 0.717. The SMILES string of the molecule is CCCC(CC1CCCC1)C(CCC(C)(C)C(C)C(C)C)NC. The summed E-state index contributed by atoms with van der Waals surface area (Å²) in [5.41, 5.74) is 0.452. The van der Waals surface area contributed by atoms with E-state index in [0.717, 1.165) is 23.7 Å². The van der Waals surface area contributed by atoms with E-state index in [-0.39, 0.29) is 0 Å². The van der Waals surface area contributed by atoms with Crippen LogP contribution in [0.15, 0.2) is 0 Å². The van der Waals surface area contributed by atoms with Gasteiger partial charge in [0.15, 0.2) is 0 Å². The van der Waals surface area contributed by atoms with Crippen LogP contribution in [0.1, 0.15) is 99.3 Å². The van der Waals surface area contributed by atoms with Gasteiger partial charge < -0.3 is 5.32 Å². The van der Waals surface area contributed by atoms with Crippen molar-refractivity contribution in [1.82, 2.24) is 5.32 Å². The molecule has 1 fully saturated rings. The molecule has 0 spiro atoms. The van der Waals surface area contributed by atoms with Gasteiger partial charge in [0.2, 0.25) is 0 Å². The third-order valence-corrected chi connectivity index (χ3v) is 7.04. The minimum absolute atomic E-state index is 0.452. The molecule has 138 valence electrons. The van der Waals surface area contributed by atoms with Gasteiger partial charge in [-0.25, -0.2) is 0 Å². The highest BCUT2D eigenvalue weighted by atomic mass is 14.9. The van der Waals surface area contributed by atoms with E-state index in [1.165, 1.54) is 57.8 Å². The van der Waals surface area contributed by atoms with Crippen LogP contribution in [0.5, 0.6) is 0 Å². The first-order valence-electron chi connectivity index (χ1n) is 10.5. The van der Waals surface area contributed by atoms with Gasteiger partial charge in [-0.2, -0.15) is 0 Å². The van der Waals surface area contributed by atoms with Crippen LogP contribution in [-0.2, 0) is 0 Å². The predicted octanol–water partition coefficient (Wildman–Crippen LogP) is 6.67. The van der Waals surface area contributed by atoms with E-state index in [1.54, 1.807) is 0 Å². The molecule has 1 saturated carbocycles. The van der Waals surface area contributed by atoms with E-state index in [2.05, 4.69) is 53.9 Å². The topological polar surface area (TPSA) is 12.0 Å². The molecule has 23 heavy (non-hydrogen) atoms. The lowest BCUT2D eigenvalue weighted by atomic mass is 9.70. The summed E-state index contributed by atoms with van der Waals surface area (Å²) in [5.74, 6) is 3.48. The van der Waals surface area contributed by atoms with E-state index in [0.29, 0.717) is 11.5 Å². The molecule has 0 aromatic carbocycles. The Hall–Kier alpha value is -0.0400. The summed E-state index contributed by atoms with van der Waals surface area (Å²) in [5, 5.41) is 3.70. The van der Waals surface area contributed by atoms with Crippen molar-refractivity contribution in [3.05, 3.63) is 0 Å². The fraction of sp³-hybridized carbons (Fsp3) is 1.00. The molecule has 1 aliphatic carbocycles. The zero-order valence-corrected chi connectivity index (χ0v) is 17.3. The second kappa shape index (κ2) is 10.1. The van der Waals surface area contributed by atoms with Crippen LogP contribution in [0.3, 0.4) is 0 Å². The minimum Gasteiger partial charge on any atom is -0.317 e. The molecule has 1 nitrogen and oxygen atoms in total. The van der Waals surface area contributed by atoms with Gasteiger partial charge in [0.05, 0.1) is 0 Å². The van der Waals surface area contributed by atoms with Crippen molar-refractivity contribution in [3.63, 3.8) is 0 Å². The molecule has 0 bridgehead atoms. The molecule has 0 aromatic heterocycles. The van der Waals surface area contributed by atoms with Crippen molar-refractivity contribution < 1.29 is 0 Å². The molecule has 0 heterocycles. The quantitative estimate of drug-likeness (QED) is 0.448. The molecule has 0 amide bonds. The fourth-order valence-corrected chi connectivity index (χ4v) is 4.80. The first-order valence-corrected chi connectivity index (χ1v) is 10.5. The van der Waals surface area contributed by atoms with Gasteiger partial charge in [-0.3, -0.25) is 0 Å². The van der Waals surface area contributed by atoms with Gasteiger partial charge in [-0.15, -0.1) is 0 Å². The van der Waals surface area contributed by atoms with Crippen LogP contribution in [-0.4, -0.2) is 13.1 Å². The molecule has 1 rings (SSSR count). The maximum atomic E-state index is 3.70. The van der Waals surface area contributed by atoms with E-state index in [9.17, 15) is 0 Å². The van der Waals surface area contributed by atoms with E-state index >= 15 is 0 Å². The molecule has 0 aliphatic heterocycles. The normalized spacial score (nSPS) is 20.9. The monoisotopic (exact) mass is 323 g/mol. The molecule has 3 atom stereocenters. The molecule has 1 heteroatoms. The Morgan fingerprint density at radius 2 is 1.65 bits per heavy atom. The van der Waals surface area contributed by atoms with Crippen LogP contribution in [0.4, 0.5) is 0 Å². The maximum absolute atomic E-state index is 3.70. The fourth-order valence-electron chi connectivity index (χ4n) is 4.80. The Balaban J connectivity index is 2.59. The Kier molecular flexibility index (Phi) is 9.19. The average molecular weight is 324 g/mol. The molecule has 0 aromatic rings. The van der Waals surface area contributed by atoms with Gasteiger partial charge in [0, 0.05) is 6.04 Å². The van der Waals surface area contributed by atoms with Crippen LogP contribution in [0, 0.1) is 29.1 Å². The van der Waals surface area contributed by atoms with Crippen molar-refractivity contribution in [2.45, 2.75) is 105 Å². The van der Waals surface area contributed by atoms with E-state index in [4.69, 9.17) is 0 Å². The predicted molar refractivity (Wildman–Crippen MR) is 105 cm³/mol. The Labute approximate surface area is 147 Å². The zero-order valence-electron chi connectivity index (χ0n) is 17.3.